The van der Waals surface area contributed by atoms with Gasteiger partial charge in [0.2, 0.25) is 0 Å². The van der Waals surface area contributed by atoms with Crippen LogP contribution in [0.3, 0.4) is 0 Å². The summed E-state index contributed by atoms with van der Waals surface area (Å²) in [4.78, 5) is 21.8. The molecule has 1 aromatic carbocycles. The summed E-state index contributed by atoms with van der Waals surface area (Å²) in [6.07, 6.45) is 7.01. The second-order valence-corrected chi connectivity index (χ2v) is 7.41. The number of amides is 1. The second-order valence-electron chi connectivity index (χ2n) is 7.41. The molecule has 0 spiro atoms. The molecule has 0 aliphatic rings. The van der Waals surface area contributed by atoms with Crippen molar-refractivity contribution >= 4 is 28.1 Å². The lowest BCUT2D eigenvalue weighted by molar-refractivity contribution is 0.102. The Kier molecular flexibility index (Phi) is 5.69. The predicted octanol–water partition coefficient (Wildman–Crippen LogP) is 3.40. The van der Waals surface area contributed by atoms with Crippen LogP contribution in [0.15, 0.2) is 73.3 Å². The average molecular weight is 442 g/mol. The first kappa shape index (κ1) is 20.7. The molecular formula is C24H22N6O3. The van der Waals surface area contributed by atoms with Gasteiger partial charge >= 0.3 is 0 Å². The standard InChI is InChI=1S/C24H22N6O3/c1-32-11-12-33-18-8-10-29-16-21(27-23(29)13-18)24(31)28-20-6-4-7-22-19(20)14-26-30(22)15-17-5-2-3-9-25-17/h2-10,13-14,16H,11-12,15H2,1H3,(H,28,31). The Hall–Kier alpha value is -4.24. The van der Waals surface area contributed by atoms with Gasteiger partial charge in [-0.25, -0.2) is 4.98 Å². The summed E-state index contributed by atoms with van der Waals surface area (Å²) in [5.41, 5.74) is 3.42. The highest BCUT2D eigenvalue weighted by Gasteiger charge is 2.15. The Morgan fingerprint density at radius 2 is 2.06 bits per heavy atom. The van der Waals surface area contributed by atoms with Crippen molar-refractivity contribution in [1.29, 1.82) is 0 Å². The van der Waals surface area contributed by atoms with Crippen molar-refractivity contribution in [1.82, 2.24) is 24.1 Å². The van der Waals surface area contributed by atoms with Gasteiger partial charge in [-0.15, -0.1) is 0 Å². The molecule has 0 saturated heterocycles. The van der Waals surface area contributed by atoms with E-state index in [2.05, 4.69) is 20.4 Å². The Balaban J connectivity index is 1.36. The third-order valence-corrected chi connectivity index (χ3v) is 5.19. The summed E-state index contributed by atoms with van der Waals surface area (Å²) in [7, 11) is 1.62. The molecule has 4 aromatic heterocycles. The number of fused-ring (bicyclic) bond motifs is 2. The topological polar surface area (TPSA) is 95.6 Å². The molecule has 9 heteroatoms. The molecule has 5 aromatic rings. The van der Waals surface area contributed by atoms with Crippen molar-refractivity contribution in [2.24, 2.45) is 0 Å². The van der Waals surface area contributed by atoms with Crippen molar-refractivity contribution < 1.29 is 14.3 Å². The van der Waals surface area contributed by atoms with Gasteiger partial charge in [-0.2, -0.15) is 5.10 Å². The molecule has 5 rings (SSSR count). The Morgan fingerprint density at radius 3 is 2.91 bits per heavy atom. The van der Waals surface area contributed by atoms with E-state index in [0.29, 0.717) is 42.5 Å². The summed E-state index contributed by atoms with van der Waals surface area (Å²) in [5, 5.41) is 8.30. The number of carbonyl (C=O) groups is 1. The maximum Gasteiger partial charge on any atom is 0.275 e. The largest absolute Gasteiger partial charge is 0.491 e. The fourth-order valence-electron chi connectivity index (χ4n) is 3.58. The van der Waals surface area contributed by atoms with E-state index in [1.54, 1.807) is 36.2 Å². The molecule has 0 bridgehead atoms. The first-order valence-electron chi connectivity index (χ1n) is 10.5. The molecule has 33 heavy (non-hydrogen) atoms. The van der Waals surface area contributed by atoms with Crippen LogP contribution >= 0.6 is 0 Å². The SMILES string of the molecule is COCCOc1ccn2cc(C(=O)Nc3cccc4c3cnn4Cc3ccccn3)nc2c1. The van der Waals surface area contributed by atoms with Crippen molar-refractivity contribution in [2.45, 2.75) is 6.54 Å². The summed E-state index contributed by atoms with van der Waals surface area (Å²) in [6, 6.07) is 15.1. The van der Waals surface area contributed by atoms with E-state index in [1.807, 2.05) is 53.3 Å². The van der Waals surface area contributed by atoms with Gasteiger partial charge in [0.25, 0.3) is 5.91 Å². The van der Waals surface area contributed by atoms with Gasteiger partial charge in [0, 0.05) is 37.2 Å². The molecule has 1 amide bonds. The molecule has 166 valence electrons. The van der Waals surface area contributed by atoms with Crippen LogP contribution in [0.25, 0.3) is 16.6 Å². The minimum Gasteiger partial charge on any atom is -0.491 e. The van der Waals surface area contributed by atoms with Gasteiger partial charge in [-0.05, 0) is 30.3 Å². The number of pyridine rings is 2. The third kappa shape index (κ3) is 4.39. The van der Waals surface area contributed by atoms with Crippen molar-refractivity contribution in [3.05, 3.63) is 84.7 Å². The van der Waals surface area contributed by atoms with Crippen molar-refractivity contribution in [2.75, 3.05) is 25.6 Å². The highest BCUT2D eigenvalue weighted by atomic mass is 16.5. The number of hydrogen-bond donors (Lipinski definition) is 1. The number of aromatic nitrogens is 5. The molecule has 0 radical (unpaired) electrons. The van der Waals surface area contributed by atoms with E-state index in [-0.39, 0.29) is 5.91 Å². The van der Waals surface area contributed by atoms with Gasteiger partial charge < -0.3 is 19.2 Å². The molecule has 0 unspecified atom stereocenters. The Labute approximate surface area is 189 Å². The van der Waals surface area contributed by atoms with E-state index in [1.165, 1.54) is 0 Å². The molecule has 0 aliphatic carbocycles. The molecule has 1 N–H and O–H groups in total. The van der Waals surface area contributed by atoms with Gasteiger partial charge in [-0.1, -0.05) is 12.1 Å². The average Bonchev–Trinajstić information content (AvgIpc) is 3.45. The summed E-state index contributed by atoms with van der Waals surface area (Å²) < 4.78 is 14.3. The van der Waals surface area contributed by atoms with Crippen LogP contribution in [0.2, 0.25) is 0 Å². The zero-order chi connectivity index (χ0) is 22.6. The van der Waals surface area contributed by atoms with E-state index >= 15 is 0 Å². The minimum atomic E-state index is -0.300. The Bertz CT molecular complexity index is 1410. The van der Waals surface area contributed by atoms with Crippen LogP contribution in [0.5, 0.6) is 5.75 Å². The Morgan fingerprint density at radius 1 is 1.12 bits per heavy atom. The van der Waals surface area contributed by atoms with Gasteiger partial charge in [0.15, 0.2) is 0 Å². The van der Waals surface area contributed by atoms with Crippen LogP contribution in [0.4, 0.5) is 5.69 Å². The first-order chi connectivity index (χ1) is 16.2. The number of hydrogen-bond acceptors (Lipinski definition) is 6. The normalized spacial score (nSPS) is 11.2. The predicted molar refractivity (Wildman–Crippen MR) is 124 cm³/mol. The lowest BCUT2D eigenvalue weighted by Crippen LogP contribution is -2.12. The van der Waals surface area contributed by atoms with Crippen LogP contribution in [-0.2, 0) is 11.3 Å². The van der Waals surface area contributed by atoms with Gasteiger partial charge in [0.05, 0.1) is 36.2 Å². The zero-order valence-corrected chi connectivity index (χ0v) is 18.0. The number of imidazole rings is 1. The second kappa shape index (κ2) is 9.09. The van der Waals surface area contributed by atoms with Gasteiger partial charge in [0.1, 0.15) is 23.7 Å². The highest BCUT2D eigenvalue weighted by molar-refractivity contribution is 6.08. The fourth-order valence-corrected chi connectivity index (χ4v) is 3.58. The van der Waals surface area contributed by atoms with Crippen LogP contribution in [-0.4, -0.2) is 50.4 Å². The quantitative estimate of drug-likeness (QED) is 0.370. The minimum absolute atomic E-state index is 0.300. The van der Waals surface area contributed by atoms with E-state index in [4.69, 9.17) is 9.47 Å². The number of rotatable bonds is 8. The zero-order valence-electron chi connectivity index (χ0n) is 18.0. The number of nitrogens with one attached hydrogen (secondary N) is 1. The van der Waals surface area contributed by atoms with Crippen LogP contribution in [0, 0.1) is 0 Å². The number of benzene rings is 1. The molecule has 0 fully saturated rings. The summed E-state index contributed by atoms with van der Waals surface area (Å²) >= 11 is 0. The molecule has 4 heterocycles. The van der Waals surface area contributed by atoms with E-state index in [0.717, 1.165) is 16.6 Å². The molecule has 0 aliphatic heterocycles. The monoisotopic (exact) mass is 442 g/mol. The number of carbonyl (C=O) groups excluding carboxylic acids is 1. The van der Waals surface area contributed by atoms with Gasteiger partial charge in [-0.3, -0.25) is 14.5 Å². The maximum absolute atomic E-state index is 12.9. The summed E-state index contributed by atoms with van der Waals surface area (Å²) in [5.74, 6) is 0.368. The number of ether oxygens (including phenoxy) is 2. The number of methoxy groups -OCH3 is 1. The molecule has 0 atom stereocenters. The highest BCUT2D eigenvalue weighted by Crippen LogP contribution is 2.24. The van der Waals surface area contributed by atoms with E-state index < -0.39 is 0 Å². The number of nitrogens with zero attached hydrogens (tertiary/aromatic N) is 5. The maximum atomic E-state index is 12.9. The lowest BCUT2D eigenvalue weighted by atomic mass is 10.2. The van der Waals surface area contributed by atoms with Crippen molar-refractivity contribution in [3.63, 3.8) is 0 Å². The smallest absolute Gasteiger partial charge is 0.275 e. The first-order valence-corrected chi connectivity index (χ1v) is 10.5. The fraction of sp³-hybridized carbons (Fsp3) is 0.167. The molecular weight excluding hydrogens is 420 g/mol. The van der Waals surface area contributed by atoms with E-state index in [9.17, 15) is 4.79 Å². The number of anilines is 1. The lowest BCUT2D eigenvalue weighted by Gasteiger charge is -2.06. The molecule has 0 saturated carbocycles. The van der Waals surface area contributed by atoms with Crippen molar-refractivity contribution in [3.8, 4) is 5.75 Å². The summed E-state index contributed by atoms with van der Waals surface area (Å²) in [6.45, 7) is 1.49. The third-order valence-electron chi connectivity index (χ3n) is 5.19. The van der Waals surface area contributed by atoms with Crippen LogP contribution in [0.1, 0.15) is 16.2 Å². The molecule has 9 nitrogen and oxygen atoms in total. The van der Waals surface area contributed by atoms with Crippen LogP contribution < -0.4 is 10.1 Å².